The number of hydrogen-bond acceptors (Lipinski definition) is 4. The van der Waals surface area contributed by atoms with Crippen molar-refractivity contribution < 1.29 is 16.8 Å². The van der Waals surface area contributed by atoms with Crippen LogP contribution in [0.4, 0.5) is 11.4 Å². The summed E-state index contributed by atoms with van der Waals surface area (Å²) in [5.74, 6) is 0.125. The summed E-state index contributed by atoms with van der Waals surface area (Å²) < 4.78 is 55.8. The minimum Gasteiger partial charge on any atom is -0.279 e. The first-order chi connectivity index (χ1) is 14.1. The van der Waals surface area contributed by atoms with Crippen LogP contribution in [0.15, 0.2) is 35.2 Å². The van der Waals surface area contributed by atoms with Crippen molar-refractivity contribution in [2.75, 3.05) is 21.3 Å². The third-order valence-corrected chi connectivity index (χ3v) is 9.11. The van der Waals surface area contributed by atoms with Crippen molar-refractivity contribution in [1.82, 2.24) is 0 Å². The second kappa shape index (κ2) is 8.59. The monoisotopic (exact) mass is 450 g/mol. The number of benzene rings is 2. The van der Waals surface area contributed by atoms with Crippen molar-refractivity contribution in [3.05, 3.63) is 52.6 Å². The van der Waals surface area contributed by atoms with Gasteiger partial charge in [0.05, 0.1) is 22.0 Å². The van der Waals surface area contributed by atoms with Crippen LogP contribution in [0, 0.1) is 13.8 Å². The lowest BCUT2D eigenvalue weighted by Gasteiger charge is -2.29. The summed E-state index contributed by atoms with van der Waals surface area (Å²) in [7, 11) is -7.19. The van der Waals surface area contributed by atoms with E-state index in [2.05, 4.69) is 4.72 Å². The van der Waals surface area contributed by atoms with Crippen molar-refractivity contribution in [3.8, 4) is 0 Å². The quantitative estimate of drug-likeness (QED) is 0.716. The number of hydrogen-bond donors (Lipinski definition) is 1. The number of para-hydroxylation sites is 1. The van der Waals surface area contributed by atoms with E-state index in [1.807, 2.05) is 32.0 Å². The third-order valence-electron chi connectivity index (χ3n) is 5.59. The van der Waals surface area contributed by atoms with Crippen LogP contribution in [0.3, 0.4) is 0 Å². The molecular weight excluding hydrogens is 420 g/mol. The van der Waals surface area contributed by atoms with Gasteiger partial charge in [-0.3, -0.25) is 9.03 Å². The molecule has 6 nitrogen and oxygen atoms in total. The van der Waals surface area contributed by atoms with E-state index in [9.17, 15) is 16.8 Å². The van der Waals surface area contributed by atoms with Crippen LogP contribution in [0.2, 0.25) is 0 Å². The topological polar surface area (TPSA) is 83.6 Å². The second-order valence-electron chi connectivity index (χ2n) is 7.77. The summed E-state index contributed by atoms with van der Waals surface area (Å²) in [6, 6.07) is 9.13. The lowest BCUT2D eigenvalue weighted by atomic mass is 10.0. The van der Waals surface area contributed by atoms with Gasteiger partial charge in [-0.25, -0.2) is 16.8 Å². The van der Waals surface area contributed by atoms with Crippen LogP contribution < -0.4 is 9.03 Å². The molecule has 1 fully saturated rings. The molecule has 0 saturated carbocycles. The smallest absolute Gasteiger partial charge is 0.262 e. The van der Waals surface area contributed by atoms with Crippen molar-refractivity contribution in [2.24, 2.45) is 0 Å². The summed E-state index contributed by atoms with van der Waals surface area (Å²) in [6.45, 7) is 7.85. The molecular formula is C22H30N2O4S2. The van der Waals surface area contributed by atoms with Crippen LogP contribution in [0.5, 0.6) is 0 Å². The van der Waals surface area contributed by atoms with Gasteiger partial charge < -0.3 is 0 Å². The Balaban J connectivity index is 2.04. The predicted octanol–water partition coefficient (Wildman–Crippen LogP) is 4.16. The standard InChI is InChI=1S/C22H30N2O4S2/c1-5-18-10-9-11-19(6-2)21(18)23-30(27,28)22-16(3)14-20(15-17(22)4)24-12-7-8-13-29(24,25)26/h9-11,14-15,23H,5-8,12-13H2,1-4H3. The van der Waals surface area contributed by atoms with Gasteiger partial charge in [-0.2, -0.15) is 0 Å². The van der Waals surface area contributed by atoms with E-state index in [0.29, 0.717) is 35.5 Å². The fourth-order valence-corrected chi connectivity index (χ4v) is 7.35. The van der Waals surface area contributed by atoms with Gasteiger partial charge in [-0.05, 0) is 73.9 Å². The first kappa shape index (κ1) is 22.6. The number of nitrogens with one attached hydrogen (secondary N) is 1. The lowest BCUT2D eigenvalue weighted by Crippen LogP contribution is -2.38. The van der Waals surface area contributed by atoms with Gasteiger partial charge >= 0.3 is 0 Å². The van der Waals surface area contributed by atoms with Crippen LogP contribution in [0.1, 0.15) is 48.9 Å². The molecule has 30 heavy (non-hydrogen) atoms. The van der Waals surface area contributed by atoms with Gasteiger partial charge in [0.25, 0.3) is 10.0 Å². The molecule has 1 aliphatic rings. The van der Waals surface area contributed by atoms with E-state index in [1.54, 1.807) is 26.0 Å². The first-order valence-electron chi connectivity index (χ1n) is 10.4. The number of nitrogens with zero attached hydrogens (tertiary/aromatic N) is 1. The molecule has 1 aliphatic heterocycles. The highest BCUT2D eigenvalue weighted by atomic mass is 32.2. The Morgan fingerprint density at radius 3 is 2.07 bits per heavy atom. The Hall–Kier alpha value is -2.06. The second-order valence-corrected chi connectivity index (χ2v) is 11.4. The fraction of sp³-hybridized carbons (Fsp3) is 0.455. The molecule has 8 heteroatoms. The molecule has 1 N–H and O–H groups in total. The van der Waals surface area contributed by atoms with E-state index < -0.39 is 20.0 Å². The number of rotatable bonds is 6. The van der Waals surface area contributed by atoms with Crippen molar-refractivity contribution >= 4 is 31.4 Å². The Labute approximate surface area is 180 Å². The minimum absolute atomic E-state index is 0.125. The van der Waals surface area contributed by atoms with Crippen molar-refractivity contribution in [2.45, 2.75) is 58.3 Å². The van der Waals surface area contributed by atoms with Gasteiger partial charge in [-0.1, -0.05) is 32.0 Å². The van der Waals surface area contributed by atoms with Gasteiger partial charge in [0.1, 0.15) is 0 Å². The largest absolute Gasteiger partial charge is 0.279 e. The summed E-state index contributed by atoms with van der Waals surface area (Å²) in [4.78, 5) is 0.202. The maximum absolute atomic E-state index is 13.4. The van der Waals surface area contributed by atoms with Crippen LogP contribution in [0.25, 0.3) is 0 Å². The highest BCUT2D eigenvalue weighted by molar-refractivity contribution is 7.93. The van der Waals surface area contributed by atoms with Crippen LogP contribution >= 0.6 is 0 Å². The van der Waals surface area contributed by atoms with Gasteiger partial charge in [-0.15, -0.1) is 0 Å². The molecule has 2 aromatic rings. The molecule has 164 valence electrons. The molecule has 0 bridgehead atoms. The van der Waals surface area contributed by atoms with Crippen molar-refractivity contribution in [3.63, 3.8) is 0 Å². The number of aryl methyl sites for hydroxylation is 4. The maximum atomic E-state index is 13.4. The molecule has 2 aromatic carbocycles. The Morgan fingerprint density at radius 2 is 1.57 bits per heavy atom. The normalized spacial score (nSPS) is 16.5. The van der Waals surface area contributed by atoms with Crippen molar-refractivity contribution in [1.29, 1.82) is 0 Å². The SMILES string of the molecule is CCc1cccc(CC)c1NS(=O)(=O)c1c(C)cc(N2CCCCS2(=O)=O)cc1C. The minimum atomic E-state index is -3.83. The zero-order valence-electron chi connectivity index (χ0n) is 18.0. The average molecular weight is 451 g/mol. The van der Waals surface area contributed by atoms with Gasteiger partial charge in [0.15, 0.2) is 0 Å². The number of anilines is 2. The van der Waals surface area contributed by atoms with E-state index in [1.165, 1.54) is 4.31 Å². The van der Waals surface area contributed by atoms with Crippen LogP contribution in [-0.2, 0) is 32.9 Å². The van der Waals surface area contributed by atoms with E-state index in [4.69, 9.17) is 0 Å². The summed E-state index contributed by atoms with van der Waals surface area (Å²) in [5.41, 5.74) is 4.14. The average Bonchev–Trinajstić information content (AvgIpc) is 2.66. The first-order valence-corrected chi connectivity index (χ1v) is 13.4. The summed E-state index contributed by atoms with van der Waals surface area (Å²) in [5, 5.41) is 0. The molecule has 0 amide bonds. The Kier molecular flexibility index (Phi) is 6.48. The number of sulfonamides is 2. The van der Waals surface area contributed by atoms with Crippen LogP contribution in [-0.4, -0.2) is 29.1 Å². The van der Waals surface area contributed by atoms with E-state index >= 15 is 0 Å². The zero-order chi connectivity index (χ0) is 22.1. The summed E-state index contributed by atoms with van der Waals surface area (Å²) >= 11 is 0. The molecule has 1 heterocycles. The summed E-state index contributed by atoms with van der Waals surface area (Å²) in [6.07, 6.45) is 2.89. The fourth-order valence-electron chi connectivity index (χ4n) is 4.13. The third kappa shape index (κ3) is 4.34. The molecule has 0 atom stereocenters. The maximum Gasteiger partial charge on any atom is 0.262 e. The predicted molar refractivity (Wildman–Crippen MR) is 122 cm³/mol. The highest BCUT2D eigenvalue weighted by Gasteiger charge is 2.29. The molecule has 0 aromatic heterocycles. The zero-order valence-corrected chi connectivity index (χ0v) is 19.7. The van der Waals surface area contributed by atoms with Gasteiger partial charge in [0.2, 0.25) is 10.0 Å². The Morgan fingerprint density at radius 1 is 1.00 bits per heavy atom. The molecule has 3 rings (SSSR count). The van der Waals surface area contributed by atoms with Gasteiger partial charge in [0, 0.05) is 6.54 Å². The lowest BCUT2D eigenvalue weighted by molar-refractivity contribution is 0.574. The van der Waals surface area contributed by atoms with E-state index in [0.717, 1.165) is 30.4 Å². The Bertz CT molecular complexity index is 1110. The highest BCUT2D eigenvalue weighted by Crippen LogP contribution is 2.32. The van der Waals surface area contributed by atoms with E-state index in [-0.39, 0.29) is 10.6 Å². The molecule has 0 aliphatic carbocycles. The molecule has 0 spiro atoms. The molecule has 0 unspecified atom stereocenters. The molecule has 0 radical (unpaired) electrons. The molecule has 1 saturated heterocycles.